The zero-order valence-electron chi connectivity index (χ0n) is 10.4. The number of rotatable bonds is 2. The van der Waals surface area contributed by atoms with Crippen LogP contribution in [0, 0.1) is 5.82 Å². The summed E-state index contributed by atoms with van der Waals surface area (Å²) in [6, 6.07) is 17.5. The highest BCUT2D eigenvalue weighted by Gasteiger charge is 2.08. The lowest BCUT2D eigenvalue weighted by molar-refractivity contribution is 0.628. The van der Waals surface area contributed by atoms with Gasteiger partial charge in [0.15, 0.2) is 5.82 Å². The highest BCUT2D eigenvalue weighted by molar-refractivity contribution is 6.29. The summed E-state index contributed by atoms with van der Waals surface area (Å²) in [6.45, 7) is 0. The average Bonchev–Trinajstić information content (AvgIpc) is 2.47. The Bertz CT molecular complexity index is 744. The van der Waals surface area contributed by atoms with E-state index >= 15 is 0 Å². The van der Waals surface area contributed by atoms with Crippen LogP contribution in [-0.2, 0) is 0 Å². The van der Waals surface area contributed by atoms with Gasteiger partial charge in [0, 0.05) is 17.2 Å². The van der Waals surface area contributed by atoms with Gasteiger partial charge in [0.05, 0.1) is 5.69 Å². The van der Waals surface area contributed by atoms with Gasteiger partial charge in [-0.25, -0.2) is 14.4 Å². The average molecular weight is 285 g/mol. The molecule has 98 valence electrons. The van der Waals surface area contributed by atoms with E-state index < -0.39 is 0 Å². The Hall–Kier alpha value is -2.26. The van der Waals surface area contributed by atoms with Crippen molar-refractivity contribution in [2.45, 2.75) is 0 Å². The largest absolute Gasteiger partial charge is 0.228 e. The minimum Gasteiger partial charge on any atom is -0.228 e. The lowest BCUT2D eigenvalue weighted by Crippen LogP contribution is -1.93. The van der Waals surface area contributed by atoms with Crippen LogP contribution in [0.25, 0.3) is 22.6 Å². The van der Waals surface area contributed by atoms with Crippen molar-refractivity contribution in [1.82, 2.24) is 9.97 Å². The standard InChI is InChI=1S/C16H10ClFN2/c17-15-10-14(11-5-2-1-3-6-11)19-16(20-15)12-7-4-8-13(18)9-12/h1-10H. The number of aromatic nitrogens is 2. The number of benzene rings is 2. The Morgan fingerprint density at radius 1 is 0.800 bits per heavy atom. The second-order valence-electron chi connectivity index (χ2n) is 4.28. The van der Waals surface area contributed by atoms with Crippen molar-refractivity contribution in [3.05, 3.63) is 71.6 Å². The molecule has 1 heterocycles. The van der Waals surface area contributed by atoms with E-state index in [1.54, 1.807) is 18.2 Å². The summed E-state index contributed by atoms with van der Waals surface area (Å²) in [4.78, 5) is 8.61. The Balaban J connectivity index is 2.12. The van der Waals surface area contributed by atoms with Crippen LogP contribution in [0.2, 0.25) is 5.15 Å². The molecule has 0 amide bonds. The van der Waals surface area contributed by atoms with Crippen LogP contribution in [0.15, 0.2) is 60.7 Å². The fourth-order valence-corrected chi connectivity index (χ4v) is 2.11. The molecule has 0 aliphatic heterocycles. The number of hydrogen-bond acceptors (Lipinski definition) is 2. The van der Waals surface area contributed by atoms with E-state index in [1.807, 2.05) is 30.3 Å². The maximum atomic E-state index is 13.3. The van der Waals surface area contributed by atoms with Crippen LogP contribution in [0.3, 0.4) is 0 Å². The minimum absolute atomic E-state index is 0.327. The fourth-order valence-electron chi connectivity index (χ4n) is 1.93. The summed E-state index contributed by atoms with van der Waals surface area (Å²) < 4.78 is 13.3. The van der Waals surface area contributed by atoms with E-state index in [0.29, 0.717) is 22.2 Å². The molecular weight excluding hydrogens is 275 g/mol. The van der Waals surface area contributed by atoms with Crippen LogP contribution < -0.4 is 0 Å². The number of hydrogen-bond donors (Lipinski definition) is 0. The molecule has 3 aromatic rings. The van der Waals surface area contributed by atoms with Crippen molar-refractivity contribution in [2.75, 3.05) is 0 Å². The molecule has 0 bridgehead atoms. The smallest absolute Gasteiger partial charge is 0.161 e. The molecule has 2 aromatic carbocycles. The van der Waals surface area contributed by atoms with Gasteiger partial charge in [0.25, 0.3) is 0 Å². The molecule has 0 saturated carbocycles. The van der Waals surface area contributed by atoms with Crippen LogP contribution in [0.1, 0.15) is 0 Å². The van der Waals surface area contributed by atoms with Crippen LogP contribution in [0.5, 0.6) is 0 Å². The van der Waals surface area contributed by atoms with E-state index in [0.717, 1.165) is 5.56 Å². The highest BCUT2D eigenvalue weighted by Crippen LogP contribution is 2.24. The zero-order chi connectivity index (χ0) is 13.9. The van der Waals surface area contributed by atoms with Gasteiger partial charge in [-0.3, -0.25) is 0 Å². The van der Waals surface area contributed by atoms with E-state index in [9.17, 15) is 4.39 Å². The van der Waals surface area contributed by atoms with Gasteiger partial charge in [-0.2, -0.15) is 0 Å². The second kappa shape index (κ2) is 5.39. The molecule has 0 unspecified atom stereocenters. The Labute approximate surface area is 120 Å². The van der Waals surface area contributed by atoms with Crippen molar-refractivity contribution in [1.29, 1.82) is 0 Å². The van der Waals surface area contributed by atoms with Crippen LogP contribution in [0.4, 0.5) is 4.39 Å². The van der Waals surface area contributed by atoms with Crippen LogP contribution in [-0.4, -0.2) is 9.97 Å². The molecule has 0 atom stereocenters. The molecule has 0 saturated heterocycles. The summed E-state index contributed by atoms with van der Waals surface area (Å²) in [5, 5.41) is 0.332. The van der Waals surface area contributed by atoms with Crippen LogP contribution >= 0.6 is 11.6 Å². The first-order valence-corrected chi connectivity index (χ1v) is 6.46. The van der Waals surface area contributed by atoms with E-state index in [4.69, 9.17) is 11.6 Å². The Kier molecular flexibility index (Phi) is 3.44. The van der Waals surface area contributed by atoms with Gasteiger partial charge >= 0.3 is 0 Å². The molecule has 0 radical (unpaired) electrons. The molecule has 3 rings (SSSR count). The molecule has 0 N–H and O–H groups in total. The molecular formula is C16H10ClFN2. The van der Waals surface area contributed by atoms with Gasteiger partial charge in [-0.15, -0.1) is 0 Å². The highest BCUT2D eigenvalue weighted by atomic mass is 35.5. The van der Waals surface area contributed by atoms with Gasteiger partial charge in [0.2, 0.25) is 0 Å². The minimum atomic E-state index is -0.327. The molecule has 0 fully saturated rings. The molecule has 4 heteroatoms. The molecule has 0 aliphatic rings. The maximum absolute atomic E-state index is 13.3. The molecule has 0 spiro atoms. The van der Waals surface area contributed by atoms with Gasteiger partial charge in [0.1, 0.15) is 11.0 Å². The van der Waals surface area contributed by atoms with Crippen molar-refractivity contribution in [3.8, 4) is 22.6 Å². The SMILES string of the molecule is Fc1cccc(-c2nc(Cl)cc(-c3ccccc3)n2)c1. The number of halogens is 2. The van der Waals surface area contributed by atoms with Crippen molar-refractivity contribution in [2.24, 2.45) is 0 Å². The van der Waals surface area contributed by atoms with Crippen molar-refractivity contribution in [3.63, 3.8) is 0 Å². The quantitative estimate of drug-likeness (QED) is 0.643. The van der Waals surface area contributed by atoms with Crippen molar-refractivity contribution < 1.29 is 4.39 Å². The van der Waals surface area contributed by atoms with Gasteiger partial charge in [-0.05, 0) is 12.1 Å². The summed E-state index contributed by atoms with van der Waals surface area (Å²) in [5.41, 5.74) is 2.25. The van der Waals surface area contributed by atoms with E-state index in [-0.39, 0.29) is 5.82 Å². The van der Waals surface area contributed by atoms with E-state index in [2.05, 4.69) is 9.97 Å². The summed E-state index contributed by atoms with van der Waals surface area (Å²) in [6.07, 6.45) is 0. The fraction of sp³-hybridized carbons (Fsp3) is 0. The van der Waals surface area contributed by atoms with Crippen molar-refractivity contribution >= 4 is 11.6 Å². The number of nitrogens with zero attached hydrogens (tertiary/aromatic N) is 2. The monoisotopic (exact) mass is 284 g/mol. The molecule has 2 nitrogen and oxygen atoms in total. The lowest BCUT2D eigenvalue weighted by atomic mass is 10.1. The summed E-state index contributed by atoms with van der Waals surface area (Å²) in [7, 11) is 0. The van der Waals surface area contributed by atoms with Gasteiger partial charge < -0.3 is 0 Å². The first-order chi connectivity index (χ1) is 9.72. The Morgan fingerprint density at radius 2 is 1.55 bits per heavy atom. The molecule has 20 heavy (non-hydrogen) atoms. The third-order valence-corrected chi connectivity index (χ3v) is 3.04. The predicted octanol–water partition coefficient (Wildman–Crippen LogP) is 4.60. The summed E-state index contributed by atoms with van der Waals surface area (Å²) in [5.74, 6) is 0.0863. The topological polar surface area (TPSA) is 25.8 Å². The zero-order valence-corrected chi connectivity index (χ0v) is 11.2. The maximum Gasteiger partial charge on any atom is 0.161 e. The lowest BCUT2D eigenvalue weighted by Gasteiger charge is -2.05. The third kappa shape index (κ3) is 2.68. The third-order valence-electron chi connectivity index (χ3n) is 2.85. The Morgan fingerprint density at radius 3 is 2.30 bits per heavy atom. The van der Waals surface area contributed by atoms with E-state index in [1.165, 1.54) is 12.1 Å². The molecule has 0 aliphatic carbocycles. The molecule has 1 aromatic heterocycles. The first kappa shape index (κ1) is 12.8. The normalized spacial score (nSPS) is 10.5. The van der Waals surface area contributed by atoms with Gasteiger partial charge in [-0.1, -0.05) is 54.1 Å². The summed E-state index contributed by atoms with van der Waals surface area (Å²) >= 11 is 6.04. The predicted molar refractivity (Wildman–Crippen MR) is 77.9 cm³/mol. The second-order valence-corrected chi connectivity index (χ2v) is 4.66. The first-order valence-electron chi connectivity index (χ1n) is 6.08.